The first-order valence-corrected chi connectivity index (χ1v) is 12.0. The molecule has 7 heteroatoms. The molecule has 5 rings (SSSR count). The molecule has 0 bridgehead atoms. The van der Waals surface area contributed by atoms with Crippen LogP contribution in [0.3, 0.4) is 0 Å². The maximum Gasteiger partial charge on any atom is 0.258 e. The van der Waals surface area contributed by atoms with Crippen molar-refractivity contribution in [1.29, 1.82) is 0 Å². The topological polar surface area (TPSA) is 98.0 Å². The molecule has 0 spiro atoms. The first kappa shape index (κ1) is 23.4. The molecule has 1 aromatic heterocycles. The number of anilines is 2. The Morgan fingerprint density at radius 3 is 2.28 bits per heavy atom. The number of aromatic hydroxyl groups is 1. The molecular weight excluding hydrogens is 450 g/mol. The Bertz CT molecular complexity index is 1480. The second-order valence-electron chi connectivity index (χ2n) is 9.09. The molecule has 0 unspecified atom stereocenters. The van der Waals surface area contributed by atoms with E-state index >= 15 is 0 Å². The molecule has 4 N–H and O–H groups in total. The Morgan fingerprint density at radius 2 is 1.56 bits per heavy atom. The molecule has 0 saturated carbocycles. The standard InChI is InChI=1S/C29H29N5O2/c1-33-14-16-34(17-15-33)24-11-9-23(10-12-24)31-19-27-26-18-21(3-2-20-4-7-22(30)8-5-20)6-13-25(26)28(35)32-29(27)36/h2-13,18-19H,14-17,30H2,1H3,(H2,32,35,36)/b3-2+,31-19?. The van der Waals surface area contributed by atoms with E-state index in [1.807, 2.05) is 60.7 Å². The van der Waals surface area contributed by atoms with Crippen LogP contribution in [0.1, 0.15) is 16.7 Å². The molecule has 0 atom stereocenters. The minimum Gasteiger partial charge on any atom is -0.494 e. The first-order chi connectivity index (χ1) is 17.5. The van der Waals surface area contributed by atoms with E-state index in [4.69, 9.17) is 5.73 Å². The monoisotopic (exact) mass is 479 g/mol. The SMILES string of the molecule is CN1CCN(c2ccc(N=Cc3c(O)[nH]c(=O)c4ccc(/C=C/c5ccc(N)cc5)cc34)cc2)CC1. The van der Waals surface area contributed by atoms with Gasteiger partial charge in [-0.05, 0) is 66.7 Å². The van der Waals surface area contributed by atoms with Crippen LogP contribution in [-0.2, 0) is 0 Å². The summed E-state index contributed by atoms with van der Waals surface area (Å²) in [4.78, 5) is 24.3. The lowest BCUT2D eigenvalue weighted by molar-refractivity contribution is 0.313. The Hall–Kier alpha value is -4.36. The van der Waals surface area contributed by atoms with E-state index in [-0.39, 0.29) is 11.4 Å². The summed E-state index contributed by atoms with van der Waals surface area (Å²) in [5.41, 5.74) is 10.5. The fraction of sp³-hybridized carbons (Fsp3) is 0.172. The number of nitrogens with one attached hydrogen (secondary N) is 1. The molecule has 7 nitrogen and oxygen atoms in total. The molecule has 0 aliphatic carbocycles. The number of nitrogen functional groups attached to an aromatic ring is 1. The highest BCUT2D eigenvalue weighted by molar-refractivity contribution is 6.02. The number of fused-ring (bicyclic) bond motifs is 1. The number of aliphatic imine (C=N–C) groups is 1. The molecule has 2 heterocycles. The number of nitrogens with zero attached hydrogens (tertiary/aromatic N) is 3. The molecule has 1 fully saturated rings. The van der Waals surface area contributed by atoms with Gasteiger partial charge in [0, 0.05) is 54.5 Å². The number of nitrogens with two attached hydrogens (primary N) is 1. The second-order valence-corrected chi connectivity index (χ2v) is 9.09. The minimum atomic E-state index is -0.342. The van der Waals surface area contributed by atoms with Gasteiger partial charge in [0.05, 0.1) is 11.3 Å². The van der Waals surface area contributed by atoms with Gasteiger partial charge in [-0.25, -0.2) is 0 Å². The molecule has 0 radical (unpaired) electrons. The Labute approximate surface area is 209 Å². The van der Waals surface area contributed by atoms with E-state index in [0.717, 1.165) is 43.0 Å². The Balaban J connectivity index is 1.42. The fourth-order valence-corrected chi connectivity index (χ4v) is 4.34. The number of pyridine rings is 1. The lowest BCUT2D eigenvalue weighted by Crippen LogP contribution is -2.44. The maximum atomic E-state index is 12.5. The quantitative estimate of drug-likeness (QED) is 0.223. The van der Waals surface area contributed by atoms with Crippen molar-refractivity contribution in [2.75, 3.05) is 43.9 Å². The molecular formula is C29H29N5O2. The van der Waals surface area contributed by atoms with Gasteiger partial charge in [0.1, 0.15) is 0 Å². The highest BCUT2D eigenvalue weighted by Crippen LogP contribution is 2.25. The summed E-state index contributed by atoms with van der Waals surface area (Å²) in [6, 6.07) is 21.2. The van der Waals surface area contributed by atoms with Crippen molar-refractivity contribution in [3.63, 3.8) is 0 Å². The minimum absolute atomic E-state index is 0.204. The molecule has 3 aromatic carbocycles. The zero-order chi connectivity index (χ0) is 25.1. The number of likely N-dealkylation sites (N-methyl/N-ethyl adjacent to an activating group) is 1. The maximum absolute atomic E-state index is 12.5. The lowest BCUT2D eigenvalue weighted by Gasteiger charge is -2.34. The number of aromatic nitrogens is 1. The third-order valence-electron chi connectivity index (χ3n) is 6.53. The molecule has 4 aromatic rings. The van der Waals surface area contributed by atoms with Crippen LogP contribution in [0.15, 0.2) is 76.5 Å². The average molecular weight is 480 g/mol. The third kappa shape index (κ3) is 5.16. The van der Waals surface area contributed by atoms with Crippen LogP contribution in [0.5, 0.6) is 5.88 Å². The normalized spacial score (nSPS) is 14.9. The van der Waals surface area contributed by atoms with Crippen molar-refractivity contribution in [3.05, 3.63) is 93.8 Å². The molecule has 36 heavy (non-hydrogen) atoms. The van der Waals surface area contributed by atoms with Crippen LogP contribution in [0.2, 0.25) is 0 Å². The summed E-state index contributed by atoms with van der Waals surface area (Å²) in [7, 11) is 2.14. The van der Waals surface area contributed by atoms with Gasteiger partial charge in [-0.2, -0.15) is 0 Å². The molecule has 1 aliphatic heterocycles. The van der Waals surface area contributed by atoms with E-state index < -0.39 is 0 Å². The van der Waals surface area contributed by atoms with Crippen molar-refractivity contribution in [2.24, 2.45) is 4.99 Å². The van der Waals surface area contributed by atoms with Gasteiger partial charge in [0.2, 0.25) is 5.88 Å². The first-order valence-electron chi connectivity index (χ1n) is 12.0. The van der Waals surface area contributed by atoms with Gasteiger partial charge in [-0.3, -0.25) is 14.8 Å². The molecule has 1 aliphatic rings. The average Bonchev–Trinajstić information content (AvgIpc) is 2.89. The summed E-state index contributed by atoms with van der Waals surface area (Å²) < 4.78 is 0. The van der Waals surface area contributed by atoms with Crippen LogP contribution in [0.25, 0.3) is 22.9 Å². The number of rotatable bonds is 5. The van der Waals surface area contributed by atoms with E-state index in [1.165, 1.54) is 5.69 Å². The van der Waals surface area contributed by atoms with E-state index in [0.29, 0.717) is 22.0 Å². The zero-order valence-corrected chi connectivity index (χ0v) is 20.2. The molecule has 1 saturated heterocycles. The van der Waals surface area contributed by atoms with Crippen LogP contribution >= 0.6 is 0 Å². The van der Waals surface area contributed by atoms with E-state index in [1.54, 1.807) is 12.3 Å². The van der Waals surface area contributed by atoms with E-state index in [9.17, 15) is 9.90 Å². The number of hydrogen-bond donors (Lipinski definition) is 3. The predicted molar refractivity (Wildman–Crippen MR) is 149 cm³/mol. The van der Waals surface area contributed by atoms with Gasteiger partial charge in [-0.1, -0.05) is 30.4 Å². The van der Waals surface area contributed by atoms with Gasteiger partial charge in [-0.15, -0.1) is 0 Å². The van der Waals surface area contributed by atoms with E-state index in [2.05, 4.69) is 39.0 Å². The van der Waals surface area contributed by atoms with Crippen molar-refractivity contribution in [3.8, 4) is 5.88 Å². The molecule has 182 valence electrons. The Morgan fingerprint density at radius 1 is 0.889 bits per heavy atom. The summed E-state index contributed by atoms with van der Waals surface area (Å²) in [5.74, 6) is -0.204. The number of aromatic amines is 1. The van der Waals surface area contributed by atoms with Crippen molar-refractivity contribution in [2.45, 2.75) is 0 Å². The van der Waals surface area contributed by atoms with Crippen molar-refractivity contribution < 1.29 is 5.11 Å². The third-order valence-corrected chi connectivity index (χ3v) is 6.53. The molecule has 0 amide bonds. The Kier molecular flexibility index (Phi) is 6.56. The zero-order valence-electron chi connectivity index (χ0n) is 20.2. The van der Waals surface area contributed by atoms with Gasteiger partial charge >= 0.3 is 0 Å². The number of benzene rings is 3. The van der Waals surface area contributed by atoms with Gasteiger partial charge in [0.25, 0.3) is 5.56 Å². The smallest absolute Gasteiger partial charge is 0.258 e. The van der Waals surface area contributed by atoms with Crippen LogP contribution < -0.4 is 16.2 Å². The van der Waals surface area contributed by atoms with Crippen LogP contribution in [0.4, 0.5) is 17.1 Å². The van der Waals surface area contributed by atoms with Crippen molar-refractivity contribution in [1.82, 2.24) is 9.88 Å². The second kappa shape index (κ2) is 10.1. The summed E-state index contributed by atoms with van der Waals surface area (Å²) in [5, 5.41) is 11.7. The predicted octanol–water partition coefficient (Wildman–Crippen LogP) is 4.49. The summed E-state index contributed by atoms with van der Waals surface area (Å²) >= 11 is 0. The summed E-state index contributed by atoms with van der Waals surface area (Å²) in [6.45, 7) is 4.11. The van der Waals surface area contributed by atoms with Gasteiger partial charge in [0.15, 0.2) is 0 Å². The summed E-state index contributed by atoms with van der Waals surface area (Å²) in [6.07, 6.45) is 5.54. The van der Waals surface area contributed by atoms with Crippen molar-refractivity contribution >= 4 is 46.2 Å². The highest BCUT2D eigenvalue weighted by Gasteiger charge is 2.14. The number of piperazine rings is 1. The fourth-order valence-electron chi connectivity index (χ4n) is 4.34. The number of hydrogen-bond acceptors (Lipinski definition) is 6. The largest absolute Gasteiger partial charge is 0.494 e. The highest BCUT2D eigenvalue weighted by atomic mass is 16.3. The number of H-pyrrole nitrogens is 1. The van der Waals surface area contributed by atoms with Crippen LogP contribution in [-0.4, -0.2) is 54.4 Å². The van der Waals surface area contributed by atoms with Gasteiger partial charge < -0.3 is 20.6 Å². The van der Waals surface area contributed by atoms with Crippen LogP contribution in [0, 0.1) is 0 Å². The lowest BCUT2D eigenvalue weighted by atomic mass is 10.0.